The van der Waals surface area contributed by atoms with Crippen molar-refractivity contribution in [2.24, 2.45) is 11.8 Å². The number of rotatable bonds is 19. The molecule has 0 bridgehead atoms. The van der Waals surface area contributed by atoms with Crippen LogP contribution in [0.25, 0.3) is 0 Å². The number of carboxylic acid groups (broad SMARTS) is 1. The number of carboxylic acids is 1. The Balaban J connectivity index is 4.16. The van der Waals surface area contributed by atoms with Gasteiger partial charge in [-0.15, -0.1) is 0 Å². The standard InChI is InChI=1S/C28H53N3O6/c1-8-20(3)23(25(33)31-24(26(34)35)21(4)9-2)30-22(32)18-16-14-12-10-11-13-15-17-19-29-27(36)37-28(5,6)7/h20-21,23-24H,8-19H2,1-7H3,(H,29,36)(H,30,32)(H,31,33)(H,34,35)/t20-,21-,23-,24-/m0/s1. The fourth-order valence-electron chi connectivity index (χ4n) is 3.85. The van der Waals surface area contributed by atoms with Crippen LogP contribution in [0.2, 0.25) is 0 Å². The maximum absolute atomic E-state index is 12.8. The average Bonchev–Trinajstić information content (AvgIpc) is 2.81. The van der Waals surface area contributed by atoms with Gasteiger partial charge in [-0.1, -0.05) is 79.1 Å². The van der Waals surface area contributed by atoms with Crippen molar-refractivity contribution in [1.82, 2.24) is 16.0 Å². The third kappa shape index (κ3) is 16.9. The normalized spacial score (nSPS) is 14.7. The molecule has 0 aliphatic carbocycles. The molecule has 37 heavy (non-hydrogen) atoms. The molecule has 9 nitrogen and oxygen atoms in total. The van der Waals surface area contributed by atoms with E-state index in [0.29, 0.717) is 25.8 Å². The lowest BCUT2D eigenvalue weighted by molar-refractivity contribution is -0.144. The molecule has 0 radical (unpaired) electrons. The Morgan fingerprint density at radius 1 is 0.757 bits per heavy atom. The van der Waals surface area contributed by atoms with Crippen molar-refractivity contribution in [1.29, 1.82) is 0 Å². The Morgan fingerprint density at radius 3 is 1.73 bits per heavy atom. The molecule has 3 amide bonds. The predicted molar refractivity (Wildman–Crippen MR) is 146 cm³/mol. The third-order valence-corrected chi connectivity index (χ3v) is 6.59. The van der Waals surface area contributed by atoms with Crippen LogP contribution in [0.5, 0.6) is 0 Å². The van der Waals surface area contributed by atoms with Crippen LogP contribution in [0.3, 0.4) is 0 Å². The summed E-state index contributed by atoms with van der Waals surface area (Å²) in [6.45, 7) is 13.6. The number of ether oxygens (including phenoxy) is 1. The van der Waals surface area contributed by atoms with E-state index in [-0.39, 0.29) is 23.8 Å². The summed E-state index contributed by atoms with van der Waals surface area (Å²) in [5.74, 6) is -1.97. The summed E-state index contributed by atoms with van der Waals surface area (Å²) in [6.07, 6.45) is 9.36. The second-order valence-electron chi connectivity index (χ2n) is 11.1. The van der Waals surface area contributed by atoms with Crippen LogP contribution in [-0.2, 0) is 19.1 Å². The minimum Gasteiger partial charge on any atom is -0.480 e. The molecule has 9 heteroatoms. The largest absolute Gasteiger partial charge is 0.480 e. The fraction of sp³-hybridized carbons (Fsp3) is 0.857. The summed E-state index contributed by atoms with van der Waals surface area (Å²) < 4.78 is 5.20. The zero-order chi connectivity index (χ0) is 28.4. The molecular weight excluding hydrogens is 474 g/mol. The van der Waals surface area contributed by atoms with E-state index in [0.717, 1.165) is 51.4 Å². The zero-order valence-corrected chi connectivity index (χ0v) is 24.3. The first-order valence-corrected chi connectivity index (χ1v) is 14.1. The second kappa shape index (κ2) is 18.9. The van der Waals surface area contributed by atoms with E-state index >= 15 is 0 Å². The van der Waals surface area contributed by atoms with E-state index in [1.807, 2.05) is 41.5 Å². The number of nitrogens with one attached hydrogen (secondary N) is 3. The van der Waals surface area contributed by atoms with E-state index in [4.69, 9.17) is 4.74 Å². The Morgan fingerprint density at radius 2 is 1.24 bits per heavy atom. The van der Waals surface area contributed by atoms with Crippen molar-refractivity contribution in [2.75, 3.05) is 6.54 Å². The molecule has 0 saturated heterocycles. The molecule has 0 saturated carbocycles. The fourth-order valence-corrected chi connectivity index (χ4v) is 3.85. The van der Waals surface area contributed by atoms with Crippen molar-refractivity contribution >= 4 is 23.9 Å². The minimum absolute atomic E-state index is 0.102. The number of alkyl carbamates (subject to hydrolysis) is 1. The summed E-state index contributed by atoms with van der Waals surface area (Å²) in [6, 6.07) is -1.71. The molecule has 0 rings (SSSR count). The number of carbonyl (C=O) groups excluding carboxylic acids is 3. The number of carbonyl (C=O) groups is 4. The SMILES string of the molecule is CC[C@H](C)[C@H](NC(=O)[C@@H](NC(=O)CCCCCCCCCCNC(=O)OC(C)(C)C)[C@@H](C)CC)C(=O)O. The molecule has 0 spiro atoms. The van der Waals surface area contributed by atoms with Crippen LogP contribution in [0.15, 0.2) is 0 Å². The zero-order valence-electron chi connectivity index (χ0n) is 24.3. The van der Waals surface area contributed by atoms with Crippen LogP contribution in [-0.4, -0.2) is 53.2 Å². The molecule has 0 aromatic heterocycles. The first-order valence-electron chi connectivity index (χ1n) is 14.1. The van der Waals surface area contributed by atoms with Crippen molar-refractivity contribution < 1.29 is 29.0 Å². The highest BCUT2D eigenvalue weighted by atomic mass is 16.6. The quantitative estimate of drug-likeness (QED) is 0.171. The number of hydrogen-bond donors (Lipinski definition) is 4. The summed E-state index contributed by atoms with van der Waals surface area (Å²) in [5, 5.41) is 17.7. The summed E-state index contributed by atoms with van der Waals surface area (Å²) in [5.41, 5.74) is -0.478. The average molecular weight is 528 g/mol. The maximum Gasteiger partial charge on any atom is 0.407 e. The summed E-state index contributed by atoms with van der Waals surface area (Å²) in [7, 11) is 0. The van der Waals surface area contributed by atoms with E-state index < -0.39 is 29.6 Å². The van der Waals surface area contributed by atoms with Gasteiger partial charge in [0.2, 0.25) is 11.8 Å². The van der Waals surface area contributed by atoms with E-state index in [9.17, 15) is 24.3 Å². The summed E-state index contributed by atoms with van der Waals surface area (Å²) in [4.78, 5) is 48.5. The monoisotopic (exact) mass is 527 g/mol. The lowest BCUT2D eigenvalue weighted by Gasteiger charge is -2.27. The van der Waals surface area contributed by atoms with Gasteiger partial charge in [0.15, 0.2) is 0 Å². The Kier molecular flexibility index (Phi) is 17.7. The highest BCUT2D eigenvalue weighted by Crippen LogP contribution is 2.14. The van der Waals surface area contributed by atoms with Crippen LogP contribution < -0.4 is 16.0 Å². The molecule has 4 atom stereocenters. The van der Waals surface area contributed by atoms with Gasteiger partial charge in [-0.25, -0.2) is 9.59 Å². The van der Waals surface area contributed by atoms with Gasteiger partial charge in [0, 0.05) is 13.0 Å². The summed E-state index contributed by atoms with van der Waals surface area (Å²) >= 11 is 0. The van der Waals surface area contributed by atoms with Crippen molar-refractivity contribution in [2.45, 2.75) is 137 Å². The number of amides is 3. The van der Waals surface area contributed by atoms with Crippen molar-refractivity contribution in [3.8, 4) is 0 Å². The maximum atomic E-state index is 12.8. The van der Waals surface area contributed by atoms with Crippen LogP contribution in [0.4, 0.5) is 4.79 Å². The van der Waals surface area contributed by atoms with Crippen molar-refractivity contribution in [3.05, 3.63) is 0 Å². The second-order valence-corrected chi connectivity index (χ2v) is 11.1. The Hall–Kier alpha value is -2.32. The first kappa shape index (κ1) is 34.7. The van der Waals surface area contributed by atoms with Gasteiger partial charge in [0.05, 0.1) is 0 Å². The molecule has 0 unspecified atom stereocenters. The van der Waals surface area contributed by atoms with E-state index in [2.05, 4.69) is 16.0 Å². The van der Waals surface area contributed by atoms with Gasteiger partial charge in [-0.3, -0.25) is 9.59 Å². The highest BCUT2D eigenvalue weighted by molar-refractivity contribution is 5.90. The number of hydrogen-bond acceptors (Lipinski definition) is 5. The molecule has 0 aromatic rings. The van der Waals surface area contributed by atoms with E-state index in [1.165, 1.54) is 0 Å². The van der Waals surface area contributed by atoms with Gasteiger partial charge in [-0.05, 0) is 45.4 Å². The van der Waals surface area contributed by atoms with Gasteiger partial charge >= 0.3 is 12.1 Å². The molecule has 0 aliphatic heterocycles. The van der Waals surface area contributed by atoms with Gasteiger partial charge in [-0.2, -0.15) is 0 Å². The lowest BCUT2D eigenvalue weighted by Crippen LogP contribution is -2.55. The lowest BCUT2D eigenvalue weighted by atomic mass is 9.95. The Bertz CT molecular complexity index is 692. The Labute approximate surface area is 224 Å². The molecule has 0 heterocycles. The molecular formula is C28H53N3O6. The molecule has 216 valence electrons. The van der Waals surface area contributed by atoms with Crippen molar-refractivity contribution in [3.63, 3.8) is 0 Å². The van der Waals surface area contributed by atoms with Crippen LogP contribution >= 0.6 is 0 Å². The smallest absolute Gasteiger partial charge is 0.407 e. The van der Waals surface area contributed by atoms with Gasteiger partial charge in [0.1, 0.15) is 17.7 Å². The van der Waals surface area contributed by atoms with Gasteiger partial charge < -0.3 is 25.8 Å². The topological polar surface area (TPSA) is 134 Å². The minimum atomic E-state index is -1.06. The van der Waals surface area contributed by atoms with Crippen LogP contribution in [0.1, 0.15) is 119 Å². The predicted octanol–water partition coefficient (Wildman–Crippen LogP) is 5.17. The molecule has 0 fully saturated rings. The third-order valence-electron chi connectivity index (χ3n) is 6.59. The van der Waals surface area contributed by atoms with Gasteiger partial charge in [0.25, 0.3) is 0 Å². The number of aliphatic carboxylic acids is 1. The number of unbranched alkanes of at least 4 members (excludes halogenated alkanes) is 7. The molecule has 0 aliphatic rings. The van der Waals surface area contributed by atoms with E-state index in [1.54, 1.807) is 6.92 Å². The van der Waals surface area contributed by atoms with Crippen LogP contribution in [0, 0.1) is 11.8 Å². The first-order chi connectivity index (χ1) is 17.3. The highest BCUT2D eigenvalue weighted by Gasteiger charge is 2.31. The molecule has 0 aromatic carbocycles. The molecule has 4 N–H and O–H groups in total.